The number of benzene rings is 1. The Kier molecular flexibility index (Phi) is 4.32. The van der Waals surface area contributed by atoms with Gasteiger partial charge in [-0.1, -0.05) is 6.42 Å². The molecule has 2 fully saturated rings. The number of likely N-dealkylation sites (tertiary alicyclic amines) is 1. The van der Waals surface area contributed by atoms with E-state index in [-0.39, 0.29) is 0 Å². The van der Waals surface area contributed by atoms with Crippen molar-refractivity contribution in [2.24, 2.45) is 0 Å². The highest BCUT2D eigenvalue weighted by molar-refractivity contribution is 8.00. The van der Waals surface area contributed by atoms with Crippen LogP contribution in [0.4, 0.5) is 0 Å². The molecule has 0 radical (unpaired) electrons. The largest absolute Gasteiger partial charge is 0.478 e. The molecule has 0 spiro atoms. The number of hydrogen-bond acceptors (Lipinski definition) is 3. The van der Waals surface area contributed by atoms with Crippen LogP contribution in [0.15, 0.2) is 29.2 Å². The molecule has 4 heteroatoms. The number of nitrogens with zero attached hydrogens (tertiary/aromatic N) is 1. The summed E-state index contributed by atoms with van der Waals surface area (Å²) in [5, 5.41) is 9.59. The summed E-state index contributed by atoms with van der Waals surface area (Å²) < 4.78 is 0. The SMILES string of the molecule is O=C(O)c1ccc(SC2CC(N3CCCCC3)C2)cc1. The van der Waals surface area contributed by atoms with Crippen LogP contribution in [0.3, 0.4) is 0 Å². The summed E-state index contributed by atoms with van der Waals surface area (Å²) in [5.41, 5.74) is 0.370. The molecular formula is C16H21NO2S. The number of rotatable bonds is 4. The molecule has 1 aromatic carbocycles. The molecule has 108 valence electrons. The molecule has 0 aromatic heterocycles. The second-order valence-electron chi connectivity index (χ2n) is 5.79. The lowest BCUT2D eigenvalue weighted by Gasteiger charge is -2.44. The van der Waals surface area contributed by atoms with Crippen molar-refractivity contribution in [1.29, 1.82) is 0 Å². The van der Waals surface area contributed by atoms with Crippen molar-refractivity contribution < 1.29 is 9.90 Å². The van der Waals surface area contributed by atoms with Crippen molar-refractivity contribution in [3.8, 4) is 0 Å². The quantitative estimate of drug-likeness (QED) is 0.922. The Balaban J connectivity index is 1.47. The van der Waals surface area contributed by atoms with E-state index < -0.39 is 5.97 Å². The highest BCUT2D eigenvalue weighted by Crippen LogP contribution is 2.39. The minimum atomic E-state index is -0.852. The lowest BCUT2D eigenvalue weighted by Crippen LogP contribution is -2.48. The van der Waals surface area contributed by atoms with Gasteiger partial charge in [-0.25, -0.2) is 4.79 Å². The first-order valence-electron chi connectivity index (χ1n) is 7.46. The number of carbonyl (C=O) groups is 1. The van der Waals surface area contributed by atoms with Gasteiger partial charge in [0, 0.05) is 16.2 Å². The highest BCUT2D eigenvalue weighted by atomic mass is 32.2. The molecule has 0 bridgehead atoms. The number of carboxylic acids is 1. The monoisotopic (exact) mass is 291 g/mol. The molecule has 3 rings (SSSR count). The van der Waals surface area contributed by atoms with Crippen molar-refractivity contribution >= 4 is 17.7 Å². The van der Waals surface area contributed by atoms with Crippen LogP contribution in [-0.4, -0.2) is 40.4 Å². The number of aromatic carboxylic acids is 1. The molecule has 1 saturated carbocycles. The topological polar surface area (TPSA) is 40.5 Å². The van der Waals surface area contributed by atoms with E-state index in [1.54, 1.807) is 12.1 Å². The zero-order chi connectivity index (χ0) is 13.9. The Morgan fingerprint density at radius 2 is 1.75 bits per heavy atom. The highest BCUT2D eigenvalue weighted by Gasteiger charge is 2.34. The van der Waals surface area contributed by atoms with Gasteiger partial charge in [0.25, 0.3) is 0 Å². The number of piperidine rings is 1. The summed E-state index contributed by atoms with van der Waals surface area (Å²) in [6, 6.07) is 8.06. The summed E-state index contributed by atoms with van der Waals surface area (Å²) in [6.45, 7) is 2.57. The molecule has 3 nitrogen and oxygen atoms in total. The third-order valence-electron chi connectivity index (χ3n) is 4.38. The molecule has 1 aromatic rings. The molecule has 1 heterocycles. The molecule has 20 heavy (non-hydrogen) atoms. The van der Waals surface area contributed by atoms with Crippen LogP contribution in [-0.2, 0) is 0 Å². The van der Waals surface area contributed by atoms with Gasteiger partial charge in [-0.3, -0.25) is 0 Å². The Morgan fingerprint density at radius 3 is 2.35 bits per heavy atom. The zero-order valence-corrected chi connectivity index (χ0v) is 12.4. The van der Waals surface area contributed by atoms with E-state index in [1.807, 2.05) is 23.9 Å². The van der Waals surface area contributed by atoms with Gasteiger partial charge in [-0.2, -0.15) is 0 Å². The van der Waals surface area contributed by atoms with Gasteiger partial charge < -0.3 is 10.0 Å². The smallest absolute Gasteiger partial charge is 0.335 e. The first-order valence-corrected chi connectivity index (χ1v) is 8.34. The van der Waals surface area contributed by atoms with E-state index in [1.165, 1.54) is 50.1 Å². The van der Waals surface area contributed by atoms with Gasteiger partial charge in [0.05, 0.1) is 5.56 Å². The summed E-state index contributed by atoms with van der Waals surface area (Å²) in [4.78, 5) is 14.7. The lowest BCUT2D eigenvalue weighted by atomic mass is 9.89. The van der Waals surface area contributed by atoms with Gasteiger partial charge in [0.1, 0.15) is 0 Å². The molecule has 1 aliphatic carbocycles. The Morgan fingerprint density at radius 1 is 1.10 bits per heavy atom. The predicted octanol–water partition coefficient (Wildman–Crippen LogP) is 3.49. The maximum Gasteiger partial charge on any atom is 0.335 e. The maximum atomic E-state index is 10.8. The van der Waals surface area contributed by atoms with Crippen LogP contribution in [0.25, 0.3) is 0 Å². The van der Waals surface area contributed by atoms with Gasteiger partial charge in [0.15, 0.2) is 0 Å². The van der Waals surface area contributed by atoms with Gasteiger partial charge in [0.2, 0.25) is 0 Å². The zero-order valence-electron chi connectivity index (χ0n) is 11.6. The van der Waals surface area contributed by atoms with E-state index >= 15 is 0 Å². The van der Waals surface area contributed by atoms with Crippen LogP contribution in [0.1, 0.15) is 42.5 Å². The Labute approximate surface area is 124 Å². The fourth-order valence-electron chi connectivity index (χ4n) is 3.08. The minimum Gasteiger partial charge on any atom is -0.478 e. The third kappa shape index (κ3) is 3.18. The Hall–Kier alpha value is -1.00. The minimum absolute atomic E-state index is 0.370. The molecular weight excluding hydrogens is 270 g/mol. The lowest BCUT2D eigenvalue weighted by molar-refractivity contribution is 0.0697. The summed E-state index contributed by atoms with van der Waals surface area (Å²) >= 11 is 1.90. The normalized spacial score (nSPS) is 27.0. The summed E-state index contributed by atoms with van der Waals surface area (Å²) in [7, 11) is 0. The van der Waals surface area contributed by atoms with E-state index in [4.69, 9.17) is 5.11 Å². The third-order valence-corrected chi connectivity index (χ3v) is 5.64. The van der Waals surface area contributed by atoms with Crippen LogP contribution < -0.4 is 0 Å². The van der Waals surface area contributed by atoms with Crippen molar-refractivity contribution in [1.82, 2.24) is 4.90 Å². The van der Waals surface area contributed by atoms with Gasteiger partial charge in [-0.05, 0) is 63.0 Å². The van der Waals surface area contributed by atoms with Crippen LogP contribution in [0.5, 0.6) is 0 Å². The standard InChI is InChI=1S/C16H21NO2S/c18-16(19)12-4-6-14(7-5-12)20-15-10-13(11-15)17-8-2-1-3-9-17/h4-7,13,15H,1-3,8-11H2,(H,18,19). The van der Waals surface area contributed by atoms with Crippen LogP contribution in [0, 0.1) is 0 Å². The summed E-state index contributed by atoms with van der Waals surface area (Å²) in [6.07, 6.45) is 6.70. The first-order chi connectivity index (χ1) is 9.72. The molecule has 0 amide bonds. The molecule has 0 unspecified atom stereocenters. The van der Waals surface area contributed by atoms with Crippen molar-refractivity contribution in [3.63, 3.8) is 0 Å². The Bertz CT molecular complexity index is 462. The number of carboxylic acid groups (broad SMARTS) is 1. The number of hydrogen-bond donors (Lipinski definition) is 1. The molecule has 1 N–H and O–H groups in total. The molecule has 1 aliphatic heterocycles. The second kappa shape index (κ2) is 6.19. The van der Waals surface area contributed by atoms with E-state index in [0.717, 1.165) is 6.04 Å². The maximum absolute atomic E-state index is 10.8. The molecule has 2 aliphatic rings. The van der Waals surface area contributed by atoms with E-state index in [2.05, 4.69) is 4.90 Å². The summed E-state index contributed by atoms with van der Waals surface area (Å²) in [5.74, 6) is -0.852. The van der Waals surface area contributed by atoms with Crippen LogP contribution >= 0.6 is 11.8 Å². The van der Waals surface area contributed by atoms with Gasteiger partial charge in [-0.15, -0.1) is 11.8 Å². The fraction of sp³-hybridized carbons (Fsp3) is 0.562. The molecule has 0 atom stereocenters. The average molecular weight is 291 g/mol. The van der Waals surface area contributed by atoms with Crippen LogP contribution in [0.2, 0.25) is 0 Å². The molecule has 1 saturated heterocycles. The van der Waals surface area contributed by atoms with Gasteiger partial charge >= 0.3 is 5.97 Å². The number of thioether (sulfide) groups is 1. The fourth-order valence-corrected chi connectivity index (χ4v) is 4.40. The van der Waals surface area contributed by atoms with Crippen molar-refractivity contribution in [3.05, 3.63) is 29.8 Å². The predicted molar refractivity (Wildman–Crippen MR) is 81.5 cm³/mol. The average Bonchev–Trinajstić information content (AvgIpc) is 2.44. The second-order valence-corrected chi connectivity index (χ2v) is 7.17. The van der Waals surface area contributed by atoms with E-state index in [9.17, 15) is 4.79 Å². The first kappa shape index (κ1) is 14.0. The van der Waals surface area contributed by atoms with Crippen molar-refractivity contribution in [2.75, 3.05) is 13.1 Å². The van der Waals surface area contributed by atoms with Crippen molar-refractivity contribution in [2.45, 2.75) is 48.3 Å². The van der Waals surface area contributed by atoms with E-state index in [0.29, 0.717) is 10.8 Å².